The summed E-state index contributed by atoms with van der Waals surface area (Å²) in [6, 6.07) is 20.8. The summed E-state index contributed by atoms with van der Waals surface area (Å²) in [5.41, 5.74) is 2.55. The van der Waals surface area contributed by atoms with Crippen molar-refractivity contribution >= 4 is 23.0 Å². The van der Waals surface area contributed by atoms with Crippen LogP contribution in [-0.2, 0) is 5.54 Å². The second-order valence-corrected chi connectivity index (χ2v) is 9.79. The van der Waals surface area contributed by atoms with Crippen molar-refractivity contribution in [3.8, 4) is 11.1 Å². The van der Waals surface area contributed by atoms with Crippen LogP contribution in [0, 0.1) is 0 Å². The average Bonchev–Trinajstić information content (AvgIpc) is 2.58. The first kappa shape index (κ1) is 19.3. The van der Waals surface area contributed by atoms with Gasteiger partial charge in [-0.1, -0.05) is 74.5 Å². The van der Waals surface area contributed by atoms with Gasteiger partial charge in [0, 0.05) is 0 Å². The van der Waals surface area contributed by atoms with Crippen molar-refractivity contribution in [2.45, 2.75) is 18.4 Å². The van der Waals surface area contributed by atoms with E-state index in [1.165, 1.54) is 11.1 Å². The Bertz CT molecular complexity index is 376. The maximum absolute atomic E-state index is 4.88. The summed E-state index contributed by atoms with van der Waals surface area (Å²) >= 11 is -1.67. The SMILES string of the molecule is CC.C[O][PoH]([CH3])[O]C.c1ccc(-c2ccccc2)cc1. The third-order valence-electron chi connectivity index (χ3n) is 2.40. The molecule has 20 heavy (non-hydrogen) atoms. The molecule has 3 heteroatoms. The van der Waals surface area contributed by atoms with Gasteiger partial charge in [-0.05, 0) is 11.1 Å². The first-order valence-corrected chi connectivity index (χ1v) is 13.0. The van der Waals surface area contributed by atoms with Crippen LogP contribution < -0.4 is 0 Å². The Kier molecular flexibility index (Phi) is 12.8. The number of hydrogen-bond donors (Lipinski definition) is 0. The van der Waals surface area contributed by atoms with Crippen LogP contribution in [-0.4, -0.2) is 37.2 Å². The minimum Gasteiger partial charge on any atom is -0.0622 e. The molecule has 0 N–H and O–H groups in total. The summed E-state index contributed by atoms with van der Waals surface area (Å²) in [4.78, 5) is 0. The van der Waals surface area contributed by atoms with Crippen molar-refractivity contribution in [3.05, 3.63) is 60.7 Å². The van der Waals surface area contributed by atoms with Gasteiger partial charge in [-0.3, -0.25) is 0 Å². The molecule has 0 aliphatic heterocycles. The quantitative estimate of drug-likeness (QED) is 0.656. The van der Waals surface area contributed by atoms with Crippen molar-refractivity contribution < 1.29 is 5.54 Å². The molecular formula is C17H26O2Po. The van der Waals surface area contributed by atoms with E-state index in [4.69, 9.17) is 5.54 Å². The molecular weight excluding hydrogens is 445 g/mol. The van der Waals surface area contributed by atoms with Crippen molar-refractivity contribution in [1.29, 1.82) is 0 Å². The van der Waals surface area contributed by atoms with E-state index >= 15 is 0 Å². The second kappa shape index (κ2) is 13.2. The maximum atomic E-state index is 4.88. The number of hydrogen-bond acceptors (Lipinski definition) is 2. The van der Waals surface area contributed by atoms with Crippen LogP contribution in [0.2, 0.25) is 4.58 Å². The van der Waals surface area contributed by atoms with Crippen LogP contribution >= 0.6 is 0 Å². The van der Waals surface area contributed by atoms with Crippen LogP contribution in [0.15, 0.2) is 60.7 Å². The fourth-order valence-electron chi connectivity index (χ4n) is 1.34. The fraction of sp³-hybridized carbons (Fsp3) is 0.294. The molecule has 0 saturated heterocycles. The molecule has 2 rings (SSSR count). The molecule has 0 aliphatic carbocycles. The Balaban J connectivity index is 0.000000387. The van der Waals surface area contributed by atoms with Crippen molar-refractivity contribution in [2.75, 3.05) is 14.2 Å². The summed E-state index contributed by atoms with van der Waals surface area (Å²) in [7, 11) is 3.39. The average molecular weight is 471 g/mol. The summed E-state index contributed by atoms with van der Waals surface area (Å²) in [5.74, 6) is 0. The molecule has 0 heterocycles. The Hall–Kier alpha value is -0.744. The van der Waals surface area contributed by atoms with Gasteiger partial charge in [0.15, 0.2) is 0 Å². The van der Waals surface area contributed by atoms with E-state index in [1.54, 1.807) is 14.2 Å². The molecule has 0 amide bonds. The van der Waals surface area contributed by atoms with Gasteiger partial charge in [0.2, 0.25) is 0 Å². The Morgan fingerprint density at radius 1 is 0.650 bits per heavy atom. The van der Waals surface area contributed by atoms with Gasteiger partial charge in [-0.2, -0.15) is 0 Å². The monoisotopic (exact) mass is 471 g/mol. The fourth-order valence-corrected chi connectivity index (χ4v) is 1.92. The van der Waals surface area contributed by atoms with Crippen LogP contribution in [0.4, 0.5) is 0 Å². The zero-order valence-corrected chi connectivity index (χ0v) is 16.5. The standard InChI is InChI=1S/C12H10.C2H6.2CH3O.CH3.Po.H/c1-3-7-11(8-4-1)12-9-5-2-6-10-12;3*1-2;;;/h1-10H;1-2H3;2*1H3;1H3;;/q;;2*-1;;+2;. The molecule has 0 aliphatic rings. The van der Waals surface area contributed by atoms with Gasteiger partial charge in [-0.25, -0.2) is 0 Å². The molecule has 0 atom stereocenters. The van der Waals surface area contributed by atoms with Crippen LogP contribution in [0.1, 0.15) is 13.8 Å². The number of benzene rings is 2. The molecule has 0 saturated carbocycles. The predicted molar refractivity (Wildman–Crippen MR) is 90.3 cm³/mol. The van der Waals surface area contributed by atoms with E-state index in [1.807, 2.05) is 30.6 Å². The summed E-state index contributed by atoms with van der Waals surface area (Å²) in [5, 5.41) is 0. The maximum Gasteiger partial charge on any atom is -0.0184 e. The Morgan fingerprint density at radius 2 is 0.950 bits per heavy atom. The molecule has 0 spiro atoms. The smallest absolute Gasteiger partial charge is 0.0184 e. The topological polar surface area (TPSA) is 18.5 Å². The van der Waals surface area contributed by atoms with Gasteiger partial charge in [-0.15, -0.1) is 0 Å². The zero-order valence-electron chi connectivity index (χ0n) is 13.0. The van der Waals surface area contributed by atoms with Crippen LogP contribution in [0.25, 0.3) is 11.1 Å². The first-order valence-electron chi connectivity index (χ1n) is 6.70. The van der Waals surface area contributed by atoms with Crippen molar-refractivity contribution in [1.82, 2.24) is 0 Å². The van der Waals surface area contributed by atoms with E-state index < -0.39 is 23.0 Å². The summed E-state index contributed by atoms with van der Waals surface area (Å²) in [6.07, 6.45) is 0. The van der Waals surface area contributed by atoms with Gasteiger partial charge >= 0.3 is 47.3 Å². The molecule has 112 valence electrons. The second-order valence-electron chi connectivity index (χ2n) is 3.54. The summed E-state index contributed by atoms with van der Waals surface area (Å²) < 4.78 is 11.8. The molecule has 2 aromatic carbocycles. The number of rotatable bonds is 3. The normalized spacial score (nSPS) is 9.55. The van der Waals surface area contributed by atoms with E-state index in [-0.39, 0.29) is 0 Å². The first-order chi connectivity index (χ1) is 9.77. The zero-order chi connectivity index (χ0) is 15.2. The third kappa shape index (κ3) is 8.43. The minimum atomic E-state index is -1.67. The van der Waals surface area contributed by atoms with Crippen LogP contribution in [0.3, 0.4) is 0 Å². The molecule has 2 aromatic rings. The Labute approximate surface area is 132 Å². The largest absolute Gasteiger partial charge is 0.0622 e. The molecule has 2 nitrogen and oxygen atoms in total. The Morgan fingerprint density at radius 3 is 1.15 bits per heavy atom. The van der Waals surface area contributed by atoms with Gasteiger partial charge in [0.1, 0.15) is 0 Å². The summed E-state index contributed by atoms with van der Waals surface area (Å²) in [6.45, 7) is 4.00. The molecule has 0 aromatic heterocycles. The van der Waals surface area contributed by atoms with Crippen molar-refractivity contribution in [2.24, 2.45) is 0 Å². The van der Waals surface area contributed by atoms with E-state index in [9.17, 15) is 0 Å². The van der Waals surface area contributed by atoms with Gasteiger partial charge in [0.25, 0.3) is 0 Å². The predicted octanol–water partition coefficient (Wildman–Crippen LogP) is 4.51. The molecule has 0 fully saturated rings. The molecule has 0 radical (unpaired) electrons. The van der Waals surface area contributed by atoms with E-state index in [2.05, 4.69) is 48.5 Å². The van der Waals surface area contributed by atoms with Crippen molar-refractivity contribution in [3.63, 3.8) is 0 Å². The van der Waals surface area contributed by atoms with Gasteiger partial charge < -0.3 is 0 Å². The molecule has 0 unspecified atom stereocenters. The minimum absolute atomic E-state index is 1.28. The van der Waals surface area contributed by atoms with Crippen LogP contribution in [0.5, 0.6) is 0 Å². The van der Waals surface area contributed by atoms with Gasteiger partial charge in [0.05, 0.1) is 0 Å². The van der Waals surface area contributed by atoms with E-state index in [0.717, 1.165) is 0 Å². The van der Waals surface area contributed by atoms with E-state index in [0.29, 0.717) is 0 Å². The third-order valence-corrected chi connectivity index (χ3v) is 6.39. The molecule has 0 bridgehead atoms.